The standard InChI is InChI=1S/C11H16ClNO5S/c1-4-13-6-9(19(12,15)16)5-10(13)11(14)18-8(2)7-17-3/h5-6,8H,4,7H2,1-3H3. The van der Waals surface area contributed by atoms with Crippen molar-refractivity contribution >= 4 is 25.7 Å². The van der Waals surface area contributed by atoms with Gasteiger partial charge in [-0.05, 0) is 19.9 Å². The van der Waals surface area contributed by atoms with Gasteiger partial charge in [-0.25, -0.2) is 13.2 Å². The number of halogens is 1. The van der Waals surface area contributed by atoms with Gasteiger partial charge in [-0.2, -0.15) is 0 Å². The molecule has 108 valence electrons. The van der Waals surface area contributed by atoms with Crippen LogP contribution in [0.4, 0.5) is 0 Å². The molecule has 0 spiro atoms. The molecule has 0 fully saturated rings. The van der Waals surface area contributed by atoms with Gasteiger partial charge in [-0.3, -0.25) is 0 Å². The molecule has 0 saturated heterocycles. The molecule has 0 N–H and O–H groups in total. The molecule has 1 unspecified atom stereocenters. The number of hydrogen-bond donors (Lipinski definition) is 0. The van der Waals surface area contributed by atoms with E-state index in [-0.39, 0.29) is 17.2 Å². The molecule has 1 aromatic rings. The Morgan fingerprint density at radius 2 is 2.16 bits per heavy atom. The Morgan fingerprint density at radius 3 is 2.63 bits per heavy atom. The molecule has 0 radical (unpaired) electrons. The Hall–Kier alpha value is -1.05. The van der Waals surface area contributed by atoms with Crippen LogP contribution in [0, 0.1) is 0 Å². The quantitative estimate of drug-likeness (QED) is 0.590. The van der Waals surface area contributed by atoms with Gasteiger partial charge in [0.25, 0.3) is 9.05 Å². The first-order valence-electron chi connectivity index (χ1n) is 5.64. The van der Waals surface area contributed by atoms with Crippen molar-refractivity contribution in [2.75, 3.05) is 13.7 Å². The van der Waals surface area contributed by atoms with Crippen molar-refractivity contribution in [1.29, 1.82) is 0 Å². The van der Waals surface area contributed by atoms with Crippen molar-refractivity contribution in [3.63, 3.8) is 0 Å². The van der Waals surface area contributed by atoms with Gasteiger partial charge in [0.05, 0.1) is 6.61 Å². The number of esters is 1. The predicted molar refractivity (Wildman–Crippen MR) is 69.9 cm³/mol. The third kappa shape index (κ3) is 4.22. The summed E-state index contributed by atoms with van der Waals surface area (Å²) in [4.78, 5) is 11.8. The average molecular weight is 310 g/mol. The van der Waals surface area contributed by atoms with Crippen LogP contribution in [0.25, 0.3) is 0 Å². The van der Waals surface area contributed by atoms with Crippen molar-refractivity contribution in [2.24, 2.45) is 0 Å². The Kier molecular flexibility index (Phi) is 5.39. The lowest BCUT2D eigenvalue weighted by Crippen LogP contribution is -2.21. The third-order valence-electron chi connectivity index (χ3n) is 2.41. The summed E-state index contributed by atoms with van der Waals surface area (Å²) in [6.07, 6.45) is 0.883. The second-order valence-corrected chi connectivity index (χ2v) is 6.52. The molecule has 0 aliphatic carbocycles. The van der Waals surface area contributed by atoms with E-state index in [1.54, 1.807) is 13.8 Å². The number of aromatic nitrogens is 1. The molecular weight excluding hydrogens is 294 g/mol. The number of hydrogen-bond acceptors (Lipinski definition) is 5. The van der Waals surface area contributed by atoms with Crippen molar-refractivity contribution < 1.29 is 22.7 Å². The molecule has 1 heterocycles. The van der Waals surface area contributed by atoms with Gasteiger partial charge in [0.15, 0.2) is 0 Å². The topological polar surface area (TPSA) is 74.6 Å². The van der Waals surface area contributed by atoms with Crippen molar-refractivity contribution in [3.8, 4) is 0 Å². The predicted octanol–water partition coefficient (Wildman–Crippen LogP) is 1.63. The summed E-state index contributed by atoms with van der Waals surface area (Å²) in [5, 5.41) is 0. The number of ether oxygens (including phenoxy) is 2. The highest BCUT2D eigenvalue weighted by Crippen LogP contribution is 2.19. The SMILES string of the molecule is CCn1cc(S(=O)(=O)Cl)cc1C(=O)OC(C)COC. The lowest BCUT2D eigenvalue weighted by molar-refractivity contribution is 0.0110. The molecule has 19 heavy (non-hydrogen) atoms. The van der Waals surface area contributed by atoms with Gasteiger partial charge in [-0.1, -0.05) is 0 Å². The van der Waals surface area contributed by atoms with Gasteiger partial charge < -0.3 is 14.0 Å². The summed E-state index contributed by atoms with van der Waals surface area (Å²) in [6, 6.07) is 1.20. The molecule has 0 aliphatic heterocycles. The second kappa shape index (κ2) is 6.40. The summed E-state index contributed by atoms with van der Waals surface area (Å²) in [7, 11) is 2.88. The zero-order valence-electron chi connectivity index (χ0n) is 10.9. The largest absolute Gasteiger partial charge is 0.456 e. The van der Waals surface area contributed by atoms with Crippen LogP contribution in [0.2, 0.25) is 0 Å². The van der Waals surface area contributed by atoms with Gasteiger partial charge in [0.2, 0.25) is 0 Å². The highest BCUT2D eigenvalue weighted by molar-refractivity contribution is 8.13. The van der Waals surface area contributed by atoms with E-state index in [0.717, 1.165) is 0 Å². The minimum absolute atomic E-state index is 0.123. The molecular formula is C11H16ClNO5S. The third-order valence-corrected chi connectivity index (χ3v) is 3.73. The zero-order valence-corrected chi connectivity index (χ0v) is 12.5. The summed E-state index contributed by atoms with van der Waals surface area (Å²) in [5.41, 5.74) is 0.143. The van der Waals surface area contributed by atoms with Crippen molar-refractivity contribution in [1.82, 2.24) is 4.57 Å². The first-order valence-corrected chi connectivity index (χ1v) is 7.95. The van der Waals surface area contributed by atoms with E-state index in [9.17, 15) is 13.2 Å². The normalized spacial score (nSPS) is 13.3. The molecule has 1 atom stereocenters. The fourth-order valence-corrected chi connectivity index (χ4v) is 2.32. The lowest BCUT2D eigenvalue weighted by Gasteiger charge is -2.12. The summed E-state index contributed by atoms with van der Waals surface area (Å²) < 4.78 is 33.9. The summed E-state index contributed by atoms with van der Waals surface area (Å²) >= 11 is 0. The molecule has 6 nitrogen and oxygen atoms in total. The maximum absolute atomic E-state index is 11.9. The number of methoxy groups -OCH3 is 1. The first kappa shape index (κ1) is 16.0. The Bertz CT molecular complexity index is 551. The van der Waals surface area contributed by atoms with Crippen LogP contribution in [0.3, 0.4) is 0 Å². The maximum atomic E-state index is 11.9. The van der Waals surface area contributed by atoms with Crippen LogP contribution in [0.15, 0.2) is 17.2 Å². The minimum Gasteiger partial charge on any atom is -0.456 e. The highest BCUT2D eigenvalue weighted by atomic mass is 35.7. The van der Waals surface area contributed by atoms with Crippen molar-refractivity contribution in [2.45, 2.75) is 31.4 Å². The van der Waals surface area contributed by atoms with Crippen LogP contribution in [0.5, 0.6) is 0 Å². The van der Waals surface area contributed by atoms with Gasteiger partial charge in [0, 0.05) is 30.5 Å². The van der Waals surface area contributed by atoms with Gasteiger partial charge >= 0.3 is 5.97 Å². The van der Waals surface area contributed by atoms with E-state index in [1.165, 1.54) is 23.9 Å². The number of rotatable bonds is 6. The molecule has 0 aromatic carbocycles. The fourth-order valence-electron chi connectivity index (χ4n) is 1.56. The maximum Gasteiger partial charge on any atom is 0.355 e. The molecule has 0 saturated carbocycles. The second-order valence-electron chi connectivity index (χ2n) is 3.96. The summed E-state index contributed by atoms with van der Waals surface area (Å²) in [6.45, 7) is 4.15. The van der Waals surface area contributed by atoms with E-state index < -0.39 is 21.1 Å². The van der Waals surface area contributed by atoms with Crippen molar-refractivity contribution in [3.05, 3.63) is 18.0 Å². The van der Waals surface area contributed by atoms with E-state index in [4.69, 9.17) is 20.2 Å². The molecule has 0 bridgehead atoms. The highest BCUT2D eigenvalue weighted by Gasteiger charge is 2.21. The zero-order chi connectivity index (χ0) is 14.6. The van der Waals surface area contributed by atoms with Crippen LogP contribution in [-0.2, 0) is 25.1 Å². The molecule has 0 aliphatic rings. The van der Waals surface area contributed by atoms with E-state index in [2.05, 4.69) is 0 Å². The molecule has 1 rings (SSSR count). The van der Waals surface area contributed by atoms with Crippen LogP contribution >= 0.6 is 10.7 Å². The Labute approximate surface area is 116 Å². The first-order chi connectivity index (χ1) is 8.79. The molecule has 1 aromatic heterocycles. The van der Waals surface area contributed by atoms with Crippen LogP contribution in [0.1, 0.15) is 24.3 Å². The van der Waals surface area contributed by atoms with Gasteiger partial charge in [-0.15, -0.1) is 0 Å². The summed E-state index contributed by atoms with van der Waals surface area (Å²) in [5.74, 6) is -0.613. The minimum atomic E-state index is -3.87. The Balaban J connectivity index is 2.99. The lowest BCUT2D eigenvalue weighted by atomic mass is 10.4. The number of carbonyl (C=O) groups is 1. The van der Waals surface area contributed by atoms with E-state index in [1.807, 2.05) is 0 Å². The molecule has 8 heteroatoms. The number of carbonyl (C=O) groups excluding carboxylic acids is 1. The van der Waals surface area contributed by atoms with E-state index >= 15 is 0 Å². The fraction of sp³-hybridized carbons (Fsp3) is 0.545. The average Bonchev–Trinajstić information content (AvgIpc) is 2.72. The number of nitrogens with zero attached hydrogens (tertiary/aromatic N) is 1. The van der Waals surface area contributed by atoms with Crippen LogP contribution in [-0.4, -0.2) is 38.8 Å². The Morgan fingerprint density at radius 1 is 1.53 bits per heavy atom. The monoisotopic (exact) mass is 309 g/mol. The molecule has 0 amide bonds. The smallest absolute Gasteiger partial charge is 0.355 e. The van der Waals surface area contributed by atoms with Crippen LogP contribution < -0.4 is 0 Å². The van der Waals surface area contributed by atoms with Gasteiger partial charge in [0.1, 0.15) is 16.7 Å². The van der Waals surface area contributed by atoms with E-state index in [0.29, 0.717) is 6.54 Å². The number of aryl methyl sites for hydroxylation is 1.